The lowest BCUT2D eigenvalue weighted by Gasteiger charge is -2.34. The zero-order valence-electron chi connectivity index (χ0n) is 12.6. The minimum absolute atomic E-state index is 0.157. The Bertz CT molecular complexity index is 711. The molecular formula is C15H16F2N4O2. The summed E-state index contributed by atoms with van der Waals surface area (Å²) in [7, 11) is 0. The summed E-state index contributed by atoms with van der Waals surface area (Å²) in [5.41, 5.74) is 0.157. The van der Waals surface area contributed by atoms with Gasteiger partial charge in [0.15, 0.2) is 17.5 Å². The van der Waals surface area contributed by atoms with Gasteiger partial charge in [0.25, 0.3) is 5.91 Å². The number of benzene rings is 1. The fourth-order valence-corrected chi connectivity index (χ4v) is 2.52. The molecule has 0 unspecified atom stereocenters. The Kier molecular flexibility index (Phi) is 4.33. The van der Waals surface area contributed by atoms with Crippen LogP contribution in [0.3, 0.4) is 0 Å². The fourth-order valence-electron chi connectivity index (χ4n) is 2.52. The van der Waals surface area contributed by atoms with Crippen molar-refractivity contribution in [2.24, 2.45) is 0 Å². The molecule has 8 heteroatoms. The van der Waals surface area contributed by atoms with Gasteiger partial charge in [-0.2, -0.15) is 4.98 Å². The van der Waals surface area contributed by atoms with Crippen molar-refractivity contribution in [3.8, 4) is 0 Å². The highest BCUT2D eigenvalue weighted by atomic mass is 19.2. The summed E-state index contributed by atoms with van der Waals surface area (Å²) < 4.78 is 31.2. The van der Waals surface area contributed by atoms with E-state index in [1.165, 1.54) is 6.07 Å². The van der Waals surface area contributed by atoms with E-state index in [0.29, 0.717) is 44.4 Å². The molecule has 1 aliphatic rings. The number of carbonyl (C=O) groups excluding carboxylic acids is 1. The Morgan fingerprint density at radius 3 is 2.57 bits per heavy atom. The van der Waals surface area contributed by atoms with Crippen LogP contribution in [0.25, 0.3) is 0 Å². The van der Waals surface area contributed by atoms with Gasteiger partial charge in [0.05, 0.1) is 6.54 Å². The maximum Gasteiger partial charge on any atom is 0.254 e. The number of amides is 1. The minimum Gasteiger partial charge on any atom is -0.338 e. The van der Waals surface area contributed by atoms with E-state index in [4.69, 9.17) is 4.52 Å². The molecule has 1 amide bonds. The smallest absolute Gasteiger partial charge is 0.254 e. The first-order valence-corrected chi connectivity index (χ1v) is 7.29. The number of nitrogens with zero attached hydrogens (tertiary/aromatic N) is 4. The van der Waals surface area contributed by atoms with Crippen molar-refractivity contribution in [2.75, 3.05) is 26.2 Å². The highest BCUT2D eigenvalue weighted by molar-refractivity contribution is 5.94. The Morgan fingerprint density at radius 2 is 1.96 bits per heavy atom. The van der Waals surface area contributed by atoms with Crippen molar-refractivity contribution in [3.05, 3.63) is 47.1 Å². The molecule has 1 aliphatic heterocycles. The second-order valence-corrected chi connectivity index (χ2v) is 5.43. The summed E-state index contributed by atoms with van der Waals surface area (Å²) in [6.07, 6.45) is 0. The van der Waals surface area contributed by atoms with Gasteiger partial charge in [-0.25, -0.2) is 8.78 Å². The van der Waals surface area contributed by atoms with Gasteiger partial charge in [0.2, 0.25) is 5.89 Å². The number of hydrogen-bond acceptors (Lipinski definition) is 5. The van der Waals surface area contributed by atoms with Crippen molar-refractivity contribution in [3.63, 3.8) is 0 Å². The van der Waals surface area contributed by atoms with Crippen LogP contribution in [0.1, 0.15) is 22.1 Å². The van der Waals surface area contributed by atoms with Crippen LogP contribution in [0.5, 0.6) is 0 Å². The van der Waals surface area contributed by atoms with E-state index in [9.17, 15) is 13.6 Å². The number of piperazine rings is 1. The molecule has 1 fully saturated rings. The zero-order valence-corrected chi connectivity index (χ0v) is 12.6. The number of hydrogen-bond donors (Lipinski definition) is 0. The molecule has 0 spiro atoms. The first-order chi connectivity index (χ1) is 11.0. The molecule has 6 nitrogen and oxygen atoms in total. The summed E-state index contributed by atoms with van der Waals surface area (Å²) in [5.74, 6) is -1.13. The largest absolute Gasteiger partial charge is 0.338 e. The Morgan fingerprint density at radius 1 is 1.22 bits per heavy atom. The zero-order chi connectivity index (χ0) is 16.4. The average molecular weight is 322 g/mol. The normalized spacial score (nSPS) is 15.9. The monoisotopic (exact) mass is 322 g/mol. The predicted octanol–water partition coefficient (Wildman–Crippen LogP) is 1.61. The number of rotatable bonds is 3. The number of aromatic nitrogens is 2. The van der Waals surface area contributed by atoms with Gasteiger partial charge in [-0.3, -0.25) is 9.69 Å². The SMILES string of the molecule is Cc1noc(CN2CCN(C(=O)c3ccc(F)c(F)c3)CC2)n1. The van der Waals surface area contributed by atoms with Crippen molar-refractivity contribution in [1.29, 1.82) is 0 Å². The Balaban J connectivity index is 1.57. The molecule has 1 saturated heterocycles. The molecule has 2 aromatic rings. The lowest BCUT2D eigenvalue weighted by molar-refractivity contribution is 0.0614. The third kappa shape index (κ3) is 3.53. The van der Waals surface area contributed by atoms with Crippen LogP contribution in [0.2, 0.25) is 0 Å². The van der Waals surface area contributed by atoms with E-state index in [0.717, 1.165) is 12.1 Å². The molecule has 0 atom stereocenters. The van der Waals surface area contributed by atoms with Crippen LogP contribution in [0.15, 0.2) is 22.7 Å². The number of carbonyl (C=O) groups is 1. The molecule has 1 aromatic heterocycles. The molecule has 1 aromatic carbocycles. The lowest BCUT2D eigenvalue weighted by Crippen LogP contribution is -2.48. The molecule has 2 heterocycles. The van der Waals surface area contributed by atoms with Crippen molar-refractivity contribution < 1.29 is 18.1 Å². The average Bonchev–Trinajstić information content (AvgIpc) is 2.95. The van der Waals surface area contributed by atoms with Crippen molar-refractivity contribution in [2.45, 2.75) is 13.5 Å². The quantitative estimate of drug-likeness (QED) is 0.859. The van der Waals surface area contributed by atoms with Crippen molar-refractivity contribution >= 4 is 5.91 Å². The molecular weight excluding hydrogens is 306 g/mol. The van der Waals surface area contributed by atoms with Crippen LogP contribution >= 0.6 is 0 Å². The number of aryl methyl sites for hydroxylation is 1. The maximum atomic E-state index is 13.2. The first-order valence-electron chi connectivity index (χ1n) is 7.29. The third-order valence-corrected chi connectivity index (χ3v) is 3.75. The van der Waals surface area contributed by atoms with Gasteiger partial charge >= 0.3 is 0 Å². The second-order valence-electron chi connectivity index (χ2n) is 5.43. The molecule has 0 radical (unpaired) electrons. The molecule has 0 N–H and O–H groups in total. The van der Waals surface area contributed by atoms with E-state index in [1.807, 2.05) is 0 Å². The third-order valence-electron chi connectivity index (χ3n) is 3.75. The van der Waals surface area contributed by atoms with Crippen LogP contribution < -0.4 is 0 Å². The Labute approximate surface area is 131 Å². The summed E-state index contributed by atoms with van der Waals surface area (Å²) in [6.45, 7) is 4.60. The summed E-state index contributed by atoms with van der Waals surface area (Å²) in [5, 5.41) is 3.74. The van der Waals surface area contributed by atoms with Crippen LogP contribution in [0, 0.1) is 18.6 Å². The van der Waals surface area contributed by atoms with Crippen LogP contribution in [-0.4, -0.2) is 52.0 Å². The standard InChI is InChI=1S/C15H16F2N4O2/c1-10-18-14(23-19-10)9-20-4-6-21(7-5-20)15(22)11-2-3-12(16)13(17)8-11/h2-3,8H,4-7,9H2,1H3. The fraction of sp³-hybridized carbons (Fsp3) is 0.400. The van der Waals surface area contributed by atoms with Gasteiger partial charge in [-0.15, -0.1) is 0 Å². The second kappa shape index (κ2) is 6.41. The van der Waals surface area contributed by atoms with Gasteiger partial charge in [-0.1, -0.05) is 5.16 Å². The van der Waals surface area contributed by atoms with Gasteiger partial charge in [0.1, 0.15) is 0 Å². The van der Waals surface area contributed by atoms with E-state index in [-0.39, 0.29) is 11.5 Å². The topological polar surface area (TPSA) is 62.5 Å². The Hall–Kier alpha value is -2.35. The maximum absolute atomic E-state index is 13.2. The van der Waals surface area contributed by atoms with Crippen molar-refractivity contribution in [1.82, 2.24) is 19.9 Å². The van der Waals surface area contributed by atoms with E-state index < -0.39 is 11.6 Å². The summed E-state index contributed by atoms with van der Waals surface area (Å²) in [4.78, 5) is 20.2. The molecule has 0 saturated carbocycles. The lowest BCUT2D eigenvalue weighted by atomic mass is 10.1. The number of halogens is 2. The van der Waals surface area contributed by atoms with Gasteiger partial charge in [-0.05, 0) is 25.1 Å². The van der Waals surface area contributed by atoms with Gasteiger partial charge in [0, 0.05) is 31.7 Å². The highest BCUT2D eigenvalue weighted by Gasteiger charge is 2.23. The first kappa shape index (κ1) is 15.5. The van der Waals surface area contributed by atoms with E-state index in [2.05, 4.69) is 15.0 Å². The highest BCUT2D eigenvalue weighted by Crippen LogP contribution is 2.14. The van der Waals surface area contributed by atoms with Gasteiger partial charge < -0.3 is 9.42 Å². The molecule has 0 aliphatic carbocycles. The minimum atomic E-state index is -1.01. The molecule has 23 heavy (non-hydrogen) atoms. The molecule has 3 rings (SSSR count). The molecule has 0 bridgehead atoms. The predicted molar refractivity (Wildman–Crippen MR) is 76.6 cm³/mol. The van der Waals surface area contributed by atoms with Crippen LogP contribution in [0.4, 0.5) is 8.78 Å². The summed E-state index contributed by atoms with van der Waals surface area (Å²) >= 11 is 0. The summed E-state index contributed by atoms with van der Waals surface area (Å²) in [6, 6.07) is 3.20. The van der Waals surface area contributed by atoms with E-state index >= 15 is 0 Å². The molecule has 122 valence electrons. The van der Waals surface area contributed by atoms with Crippen LogP contribution in [-0.2, 0) is 6.54 Å². The van der Waals surface area contributed by atoms with E-state index in [1.54, 1.807) is 11.8 Å².